The van der Waals surface area contributed by atoms with Gasteiger partial charge in [0.1, 0.15) is 12.4 Å². The van der Waals surface area contributed by atoms with Crippen molar-refractivity contribution in [2.75, 3.05) is 20.7 Å². The molecule has 1 atom stereocenters. The van der Waals surface area contributed by atoms with Crippen LogP contribution in [0.4, 0.5) is 0 Å². The molecular formula is C20H21N3O5. The molecule has 28 heavy (non-hydrogen) atoms. The third-order valence-electron chi connectivity index (χ3n) is 4.43. The molecular weight excluding hydrogens is 362 g/mol. The van der Waals surface area contributed by atoms with Gasteiger partial charge in [0.25, 0.3) is 11.8 Å². The smallest absolute Gasteiger partial charge is 0.254 e. The number of nitrogens with one attached hydrogen (secondary N) is 1. The van der Waals surface area contributed by atoms with Crippen LogP contribution in [0.15, 0.2) is 34.9 Å². The molecule has 2 N–H and O–H groups in total. The molecule has 0 spiro atoms. The maximum Gasteiger partial charge on any atom is 0.254 e. The van der Waals surface area contributed by atoms with E-state index in [1.54, 1.807) is 37.3 Å². The summed E-state index contributed by atoms with van der Waals surface area (Å²) in [4.78, 5) is 38.2. The monoisotopic (exact) mass is 383 g/mol. The molecule has 1 heterocycles. The number of nitrogens with zero attached hydrogens (tertiary/aromatic N) is 2. The lowest BCUT2D eigenvalue weighted by Crippen LogP contribution is -2.62. The van der Waals surface area contributed by atoms with Gasteiger partial charge in [0, 0.05) is 31.3 Å². The van der Waals surface area contributed by atoms with E-state index in [-0.39, 0.29) is 5.56 Å². The van der Waals surface area contributed by atoms with Gasteiger partial charge >= 0.3 is 0 Å². The van der Waals surface area contributed by atoms with Gasteiger partial charge in [-0.25, -0.2) is 0 Å². The van der Waals surface area contributed by atoms with Crippen molar-refractivity contribution < 1.29 is 24.0 Å². The van der Waals surface area contributed by atoms with E-state index in [4.69, 9.17) is 4.52 Å². The summed E-state index contributed by atoms with van der Waals surface area (Å²) in [5.74, 6) is 4.40. The van der Waals surface area contributed by atoms with Crippen LogP contribution in [-0.2, 0) is 9.59 Å². The number of aromatic nitrogens is 1. The summed E-state index contributed by atoms with van der Waals surface area (Å²) in [6.07, 6.45) is 0. The van der Waals surface area contributed by atoms with Gasteiger partial charge in [-0.05, 0) is 44.0 Å². The number of carbonyl (C=O) groups excluding carboxylic acids is 3. The van der Waals surface area contributed by atoms with Crippen LogP contribution in [0.3, 0.4) is 0 Å². The maximum absolute atomic E-state index is 12.8. The van der Waals surface area contributed by atoms with Crippen molar-refractivity contribution in [3.8, 4) is 11.8 Å². The van der Waals surface area contributed by atoms with Gasteiger partial charge in [0.15, 0.2) is 17.0 Å². The average Bonchev–Trinajstić information content (AvgIpc) is 3.14. The van der Waals surface area contributed by atoms with Crippen molar-refractivity contribution in [2.45, 2.75) is 19.4 Å². The van der Waals surface area contributed by atoms with Gasteiger partial charge < -0.3 is 19.8 Å². The second kappa shape index (κ2) is 8.50. The normalized spacial score (nSPS) is 12.3. The number of aliphatic hydroxyl groups is 1. The largest absolute Gasteiger partial charge is 0.388 e. The second-order valence-electron chi connectivity index (χ2n) is 6.25. The predicted octanol–water partition coefficient (Wildman–Crippen LogP) is 0.521. The summed E-state index contributed by atoms with van der Waals surface area (Å²) in [6.45, 7) is 2.20. The molecule has 2 amide bonds. The molecule has 0 bridgehead atoms. The summed E-state index contributed by atoms with van der Waals surface area (Å²) in [7, 11) is 2.69. The Morgan fingerprint density at radius 1 is 1.25 bits per heavy atom. The van der Waals surface area contributed by atoms with Crippen molar-refractivity contribution in [1.29, 1.82) is 0 Å². The molecule has 0 saturated carbocycles. The lowest BCUT2D eigenvalue weighted by Gasteiger charge is -2.35. The summed E-state index contributed by atoms with van der Waals surface area (Å²) in [6, 6.07) is 8.09. The van der Waals surface area contributed by atoms with Crippen LogP contribution in [-0.4, -0.2) is 59.0 Å². The van der Waals surface area contributed by atoms with Gasteiger partial charge in [-0.2, -0.15) is 0 Å². The van der Waals surface area contributed by atoms with E-state index in [1.807, 2.05) is 0 Å². The lowest BCUT2D eigenvalue weighted by atomic mass is 9.92. The second-order valence-corrected chi connectivity index (χ2v) is 6.25. The number of hydrogen-bond donors (Lipinski definition) is 2. The number of hydrogen-bond acceptors (Lipinski definition) is 6. The molecule has 0 aliphatic rings. The average molecular weight is 383 g/mol. The van der Waals surface area contributed by atoms with Gasteiger partial charge in [0.05, 0.1) is 0 Å². The zero-order chi connectivity index (χ0) is 20.9. The quantitative estimate of drug-likeness (QED) is 0.575. The van der Waals surface area contributed by atoms with Crippen LogP contribution < -0.4 is 5.32 Å². The molecule has 0 saturated heterocycles. The Morgan fingerprint density at radius 2 is 1.89 bits per heavy atom. The Bertz CT molecular complexity index is 934. The summed E-state index contributed by atoms with van der Waals surface area (Å²) < 4.78 is 4.94. The fourth-order valence-electron chi connectivity index (χ4n) is 2.52. The Kier molecular flexibility index (Phi) is 6.33. The van der Waals surface area contributed by atoms with Gasteiger partial charge in [-0.1, -0.05) is 11.1 Å². The standard InChI is InChI=1S/C20H21N3O5/c1-13-11-16(22-28-13)10-7-14-5-8-15(9-6-14)18(26)23(4)20(2,17(25)12-24)19(27)21-3/h5-6,8-9,11,24H,12H2,1-4H3,(H,21,27)/t20-/m1/s1. The number of benzene rings is 1. The number of Topliss-reactive ketones (excluding diaryl/α,β-unsaturated/α-hetero) is 1. The number of carbonyl (C=O) groups is 3. The van der Waals surface area contributed by atoms with Gasteiger partial charge in [-0.3, -0.25) is 14.4 Å². The fourth-order valence-corrected chi connectivity index (χ4v) is 2.52. The summed E-state index contributed by atoms with van der Waals surface area (Å²) in [5.41, 5.74) is -0.406. The number of aliphatic hydroxyl groups excluding tert-OH is 1. The number of amides is 2. The highest BCUT2D eigenvalue weighted by Gasteiger charge is 2.46. The molecule has 1 aromatic heterocycles. The van der Waals surface area contributed by atoms with Crippen LogP contribution in [0.5, 0.6) is 0 Å². The molecule has 146 valence electrons. The minimum atomic E-state index is -1.83. The van der Waals surface area contributed by atoms with Crippen molar-refractivity contribution in [3.63, 3.8) is 0 Å². The zero-order valence-electron chi connectivity index (χ0n) is 16.1. The first kappa shape index (κ1) is 20.9. The number of rotatable bonds is 5. The Labute approximate surface area is 162 Å². The van der Waals surface area contributed by atoms with Gasteiger partial charge in [0.2, 0.25) is 0 Å². The number of likely N-dealkylation sites (N-methyl/N-ethyl adjacent to an activating group) is 2. The Hall–Kier alpha value is -3.44. The first-order valence-corrected chi connectivity index (χ1v) is 8.44. The molecule has 2 rings (SSSR count). The third kappa shape index (κ3) is 4.10. The van der Waals surface area contributed by atoms with Crippen molar-refractivity contribution in [2.24, 2.45) is 0 Å². The van der Waals surface area contributed by atoms with Crippen molar-refractivity contribution in [3.05, 3.63) is 52.9 Å². The Balaban J connectivity index is 2.24. The SMILES string of the molecule is CNC(=O)[C@@](C)(C(=O)CO)N(C)C(=O)c1ccc(C#Cc2cc(C)on2)cc1. The first-order chi connectivity index (χ1) is 13.2. The minimum Gasteiger partial charge on any atom is -0.388 e. The van der Waals surface area contributed by atoms with E-state index in [1.165, 1.54) is 21.0 Å². The molecule has 8 nitrogen and oxygen atoms in total. The third-order valence-corrected chi connectivity index (χ3v) is 4.43. The lowest BCUT2D eigenvalue weighted by molar-refractivity contribution is -0.143. The van der Waals surface area contributed by atoms with E-state index in [2.05, 4.69) is 22.3 Å². The van der Waals surface area contributed by atoms with Crippen LogP contribution in [0.25, 0.3) is 0 Å². The van der Waals surface area contributed by atoms with Gasteiger partial charge in [-0.15, -0.1) is 0 Å². The fraction of sp³-hybridized carbons (Fsp3) is 0.300. The topological polar surface area (TPSA) is 113 Å². The molecule has 0 unspecified atom stereocenters. The van der Waals surface area contributed by atoms with E-state index in [0.717, 1.165) is 4.90 Å². The highest BCUT2D eigenvalue weighted by Crippen LogP contribution is 2.19. The number of aryl methyl sites for hydroxylation is 1. The molecule has 8 heteroatoms. The summed E-state index contributed by atoms with van der Waals surface area (Å²) in [5, 5.41) is 15.3. The Morgan fingerprint density at radius 3 is 2.39 bits per heavy atom. The van der Waals surface area contributed by atoms with Crippen molar-refractivity contribution >= 4 is 17.6 Å². The van der Waals surface area contributed by atoms with Crippen LogP contribution in [0.1, 0.15) is 34.3 Å². The van der Waals surface area contributed by atoms with Crippen molar-refractivity contribution in [1.82, 2.24) is 15.4 Å². The van der Waals surface area contributed by atoms with Crippen LogP contribution >= 0.6 is 0 Å². The maximum atomic E-state index is 12.8. The molecule has 0 aliphatic heterocycles. The van der Waals surface area contributed by atoms with E-state index in [9.17, 15) is 19.5 Å². The number of ketones is 1. The molecule has 0 fully saturated rings. The zero-order valence-corrected chi connectivity index (χ0v) is 16.1. The van der Waals surface area contributed by atoms with E-state index < -0.39 is 29.7 Å². The van der Waals surface area contributed by atoms with E-state index in [0.29, 0.717) is 17.0 Å². The minimum absolute atomic E-state index is 0.270. The molecule has 1 aromatic carbocycles. The van der Waals surface area contributed by atoms with E-state index >= 15 is 0 Å². The molecule has 2 aromatic rings. The van der Waals surface area contributed by atoms with Crippen LogP contribution in [0, 0.1) is 18.8 Å². The highest BCUT2D eigenvalue weighted by atomic mass is 16.5. The first-order valence-electron chi connectivity index (χ1n) is 8.44. The molecule has 0 radical (unpaired) electrons. The van der Waals surface area contributed by atoms with Crippen LogP contribution in [0.2, 0.25) is 0 Å². The summed E-state index contributed by atoms with van der Waals surface area (Å²) >= 11 is 0. The predicted molar refractivity (Wildman–Crippen MR) is 100 cm³/mol. The molecule has 0 aliphatic carbocycles. The highest BCUT2D eigenvalue weighted by molar-refractivity contribution is 6.14.